The van der Waals surface area contributed by atoms with E-state index < -0.39 is 0 Å². The second-order valence-electron chi connectivity index (χ2n) is 5.16. The monoisotopic (exact) mass is 273 g/mol. The molecule has 0 saturated heterocycles. The Balaban J connectivity index is 2.58. The molecule has 0 amide bonds. The summed E-state index contributed by atoms with van der Waals surface area (Å²) >= 11 is 0. The zero-order chi connectivity index (χ0) is 14.7. The molecule has 2 rings (SSSR count). The van der Waals surface area contributed by atoms with Crippen molar-refractivity contribution in [3.63, 3.8) is 0 Å². The van der Waals surface area contributed by atoms with E-state index in [1.807, 2.05) is 41.9 Å². The van der Waals surface area contributed by atoms with Crippen LogP contribution in [0.25, 0.3) is 5.69 Å². The van der Waals surface area contributed by atoms with Crippen LogP contribution in [-0.4, -0.2) is 28.0 Å². The molecule has 0 aliphatic carbocycles. The largest absolute Gasteiger partial charge is 0.391 e. The number of hydrogen-bond donors (Lipinski definition) is 1. The zero-order valence-corrected chi connectivity index (χ0v) is 12.7. The number of nitrogens with zero attached hydrogens (tertiary/aromatic N) is 3. The van der Waals surface area contributed by atoms with Crippen molar-refractivity contribution in [2.45, 2.75) is 39.8 Å². The van der Waals surface area contributed by atoms with Crippen LogP contribution in [0.15, 0.2) is 30.3 Å². The highest BCUT2D eigenvalue weighted by Gasteiger charge is 2.21. The molecule has 0 fully saturated rings. The van der Waals surface area contributed by atoms with Gasteiger partial charge in [-0.25, -0.2) is 4.68 Å². The van der Waals surface area contributed by atoms with Crippen LogP contribution >= 0.6 is 0 Å². The molecule has 108 valence electrons. The first-order valence-corrected chi connectivity index (χ1v) is 7.07. The van der Waals surface area contributed by atoms with Crippen molar-refractivity contribution in [3.05, 3.63) is 41.6 Å². The Kier molecular flexibility index (Phi) is 4.45. The van der Waals surface area contributed by atoms with E-state index >= 15 is 0 Å². The predicted octanol–water partition coefficient (Wildman–Crippen LogP) is 2.91. The highest BCUT2D eigenvalue weighted by Crippen LogP contribution is 2.28. The van der Waals surface area contributed by atoms with Crippen LogP contribution in [0.5, 0.6) is 0 Å². The van der Waals surface area contributed by atoms with Gasteiger partial charge in [0.05, 0.1) is 18.0 Å². The van der Waals surface area contributed by atoms with Crippen LogP contribution in [0.3, 0.4) is 0 Å². The predicted molar refractivity (Wildman–Crippen MR) is 82.4 cm³/mol. The molecule has 0 aliphatic heterocycles. The minimum atomic E-state index is 0.00870. The Hall–Kier alpha value is -1.81. The smallest absolute Gasteiger partial charge is 0.138 e. The van der Waals surface area contributed by atoms with E-state index in [0.29, 0.717) is 6.04 Å². The van der Waals surface area contributed by atoms with Gasteiger partial charge in [0.1, 0.15) is 5.82 Å². The van der Waals surface area contributed by atoms with Gasteiger partial charge >= 0.3 is 0 Å². The first-order valence-electron chi connectivity index (χ1n) is 7.07. The highest BCUT2D eigenvalue weighted by atomic mass is 16.3. The standard InChI is InChI=1S/C16H23N3O/c1-5-12(2)18(4)16-15(11-20)13(3)17-19(16)14-9-7-6-8-10-14/h6-10,12,20H,5,11H2,1-4H3. The minimum Gasteiger partial charge on any atom is -0.391 e. The van der Waals surface area contributed by atoms with E-state index in [1.165, 1.54) is 0 Å². The molecule has 1 N–H and O–H groups in total. The maximum atomic E-state index is 9.68. The third-order valence-corrected chi connectivity index (χ3v) is 3.90. The fraction of sp³-hybridized carbons (Fsp3) is 0.438. The molecule has 0 aliphatic rings. The van der Waals surface area contributed by atoms with Crippen LogP contribution in [0, 0.1) is 6.92 Å². The SMILES string of the molecule is CCC(C)N(C)c1c(CO)c(C)nn1-c1ccccc1. The number of benzene rings is 1. The van der Waals surface area contributed by atoms with Crippen LogP contribution in [-0.2, 0) is 6.61 Å². The van der Waals surface area contributed by atoms with Crippen LogP contribution < -0.4 is 4.90 Å². The van der Waals surface area contributed by atoms with Gasteiger partial charge in [-0.2, -0.15) is 5.10 Å². The average Bonchev–Trinajstić information content (AvgIpc) is 2.83. The number of rotatable bonds is 5. The third kappa shape index (κ3) is 2.56. The summed E-state index contributed by atoms with van der Waals surface area (Å²) in [6.45, 7) is 6.29. The second kappa shape index (κ2) is 6.09. The lowest BCUT2D eigenvalue weighted by Gasteiger charge is -2.27. The number of aryl methyl sites for hydroxylation is 1. The van der Waals surface area contributed by atoms with Gasteiger partial charge in [-0.15, -0.1) is 0 Å². The second-order valence-corrected chi connectivity index (χ2v) is 5.16. The van der Waals surface area contributed by atoms with E-state index in [2.05, 4.69) is 30.9 Å². The summed E-state index contributed by atoms with van der Waals surface area (Å²) in [5, 5.41) is 14.3. The van der Waals surface area contributed by atoms with Crippen molar-refractivity contribution in [2.24, 2.45) is 0 Å². The number of aromatic nitrogens is 2. The summed E-state index contributed by atoms with van der Waals surface area (Å²) in [6, 6.07) is 10.4. The maximum Gasteiger partial charge on any atom is 0.138 e. The molecule has 1 aromatic heterocycles. The normalized spacial score (nSPS) is 12.4. The molecule has 4 nitrogen and oxygen atoms in total. The molecule has 2 aromatic rings. The van der Waals surface area contributed by atoms with Crippen molar-refractivity contribution in [1.29, 1.82) is 0 Å². The van der Waals surface area contributed by atoms with Gasteiger partial charge < -0.3 is 10.0 Å². The van der Waals surface area contributed by atoms with Crippen molar-refractivity contribution >= 4 is 5.82 Å². The number of aliphatic hydroxyl groups is 1. The fourth-order valence-corrected chi connectivity index (χ4v) is 2.33. The summed E-state index contributed by atoms with van der Waals surface area (Å²) < 4.78 is 1.92. The van der Waals surface area contributed by atoms with E-state index in [0.717, 1.165) is 29.2 Å². The molecule has 1 heterocycles. The summed E-state index contributed by atoms with van der Waals surface area (Å²) in [5.41, 5.74) is 2.79. The summed E-state index contributed by atoms with van der Waals surface area (Å²) in [4.78, 5) is 2.19. The molecule has 1 aromatic carbocycles. The summed E-state index contributed by atoms with van der Waals surface area (Å²) in [6.07, 6.45) is 1.04. The van der Waals surface area contributed by atoms with E-state index in [9.17, 15) is 5.11 Å². The zero-order valence-electron chi connectivity index (χ0n) is 12.7. The van der Waals surface area contributed by atoms with Gasteiger partial charge in [-0.3, -0.25) is 0 Å². The molecule has 0 bridgehead atoms. The molecular formula is C16H23N3O. The first-order chi connectivity index (χ1) is 9.60. The molecule has 4 heteroatoms. The van der Waals surface area contributed by atoms with E-state index in [1.54, 1.807) is 0 Å². The van der Waals surface area contributed by atoms with Crippen molar-refractivity contribution in [1.82, 2.24) is 9.78 Å². The maximum absolute atomic E-state index is 9.68. The Morgan fingerprint density at radius 1 is 1.30 bits per heavy atom. The lowest BCUT2D eigenvalue weighted by atomic mass is 10.2. The minimum absolute atomic E-state index is 0.00870. The van der Waals surface area contributed by atoms with Crippen molar-refractivity contribution in [3.8, 4) is 5.69 Å². The van der Waals surface area contributed by atoms with Gasteiger partial charge in [0, 0.05) is 18.7 Å². The van der Waals surface area contributed by atoms with Gasteiger partial charge in [0.15, 0.2) is 0 Å². The molecule has 0 radical (unpaired) electrons. The highest BCUT2D eigenvalue weighted by molar-refractivity contribution is 5.55. The Bertz CT molecular complexity index is 563. The molecule has 20 heavy (non-hydrogen) atoms. The summed E-state index contributed by atoms with van der Waals surface area (Å²) in [7, 11) is 2.06. The van der Waals surface area contributed by atoms with Crippen LogP contribution in [0.2, 0.25) is 0 Å². The molecular weight excluding hydrogens is 250 g/mol. The first kappa shape index (κ1) is 14.6. The third-order valence-electron chi connectivity index (χ3n) is 3.90. The lowest BCUT2D eigenvalue weighted by Crippen LogP contribution is -2.30. The van der Waals surface area contributed by atoms with Crippen LogP contribution in [0.1, 0.15) is 31.5 Å². The van der Waals surface area contributed by atoms with Crippen molar-refractivity contribution < 1.29 is 5.11 Å². The fourth-order valence-electron chi connectivity index (χ4n) is 2.33. The number of aliphatic hydroxyl groups excluding tert-OH is 1. The summed E-state index contributed by atoms with van der Waals surface area (Å²) in [5.74, 6) is 0.977. The number of para-hydroxylation sites is 1. The Morgan fingerprint density at radius 2 is 1.95 bits per heavy atom. The van der Waals surface area contributed by atoms with E-state index in [4.69, 9.17) is 0 Å². The van der Waals surface area contributed by atoms with Crippen LogP contribution in [0.4, 0.5) is 5.82 Å². The topological polar surface area (TPSA) is 41.3 Å². The van der Waals surface area contributed by atoms with Gasteiger partial charge in [0.2, 0.25) is 0 Å². The lowest BCUT2D eigenvalue weighted by molar-refractivity contribution is 0.281. The van der Waals surface area contributed by atoms with E-state index in [-0.39, 0.29) is 6.61 Å². The molecule has 0 saturated carbocycles. The molecule has 0 spiro atoms. The van der Waals surface area contributed by atoms with Gasteiger partial charge in [0.25, 0.3) is 0 Å². The number of anilines is 1. The van der Waals surface area contributed by atoms with Gasteiger partial charge in [-0.1, -0.05) is 25.1 Å². The average molecular weight is 273 g/mol. The van der Waals surface area contributed by atoms with Crippen molar-refractivity contribution in [2.75, 3.05) is 11.9 Å². The molecule has 1 unspecified atom stereocenters. The Labute approximate surface area is 120 Å². The Morgan fingerprint density at radius 3 is 2.50 bits per heavy atom. The number of hydrogen-bond acceptors (Lipinski definition) is 3. The van der Waals surface area contributed by atoms with Gasteiger partial charge in [-0.05, 0) is 32.4 Å². The molecule has 1 atom stereocenters. The quantitative estimate of drug-likeness (QED) is 0.910.